The summed E-state index contributed by atoms with van der Waals surface area (Å²) in [6, 6.07) is 2.71. The van der Waals surface area contributed by atoms with Gasteiger partial charge in [0.15, 0.2) is 0 Å². The fourth-order valence-corrected chi connectivity index (χ4v) is 3.09. The molecule has 7 heteroatoms. The van der Waals surface area contributed by atoms with E-state index in [9.17, 15) is 4.79 Å². The van der Waals surface area contributed by atoms with Crippen LogP contribution in [-0.2, 0) is 0 Å². The Labute approximate surface area is 142 Å². The van der Waals surface area contributed by atoms with Crippen LogP contribution in [-0.4, -0.2) is 40.1 Å². The molecule has 2 fully saturated rings. The van der Waals surface area contributed by atoms with E-state index in [1.54, 1.807) is 0 Å². The van der Waals surface area contributed by atoms with Crippen LogP contribution in [0.5, 0.6) is 0 Å². The summed E-state index contributed by atoms with van der Waals surface area (Å²) in [5, 5.41) is 15.8. The van der Waals surface area contributed by atoms with Crippen LogP contribution in [0, 0.1) is 16.7 Å². The normalized spacial score (nSPS) is 21.6. The highest BCUT2D eigenvalue weighted by atomic mass is 16.5. The van der Waals surface area contributed by atoms with Crippen molar-refractivity contribution in [3.8, 4) is 6.07 Å². The summed E-state index contributed by atoms with van der Waals surface area (Å²) in [4.78, 5) is 18.6. The minimum Gasteiger partial charge on any atom is -0.346 e. The lowest BCUT2D eigenvalue weighted by molar-refractivity contribution is 0.0937. The first-order valence-electron chi connectivity index (χ1n) is 8.78. The van der Waals surface area contributed by atoms with Crippen LogP contribution < -0.4 is 5.32 Å². The van der Waals surface area contributed by atoms with Crippen molar-refractivity contribution in [3.63, 3.8) is 0 Å². The fourth-order valence-electron chi connectivity index (χ4n) is 3.09. The van der Waals surface area contributed by atoms with E-state index < -0.39 is 0 Å². The first-order chi connectivity index (χ1) is 11.5. The molecule has 0 bridgehead atoms. The van der Waals surface area contributed by atoms with Gasteiger partial charge in [-0.15, -0.1) is 0 Å². The summed E-state index contributed by atoms with van der Waals surface area (Å²) in [6.45, 7) is 5.83. The van der Waals surface area contributed by atoms with Crippen LogP contribution in [0.25, 0.3) is 0 Å². The first kappa shape index (κ1) is 16.9. The molecule has 2 aliphatic rings. The smallest absolute Gasteiger partial charge is 0.292 e. The predicted molar refractivity (Wildman–Crippen MR) is 87.0 cm³/mol. The van der Waals surface area contributed by atoms with Crippen LogP contribution in [0.4, 0.5) is 0 Å². The first-order valence-corrected chi connectivity index (χ1v) is 8.78. The Balaban J connectivity index is 1.56. The number of amides is 1. The number of rotatable bonds is 7. The van der Waals surface area contributed by atoms with Gasteiger partial charge in [0.05, 0.1) is 17.5 Å². The molecule has 24 heavy (non-hydrogen) atoms. The molecule has 0 radical (unpaired) electrons. The van der Waals surface area contributed by atoms with Gasteiger partial charge >= 0.3 is 0 Å². The third-order valence-electron chi connectivity index (χ3n) is 4.76. The zero-order valence-electron chi connectivity index (χ0n) is 14.4. The topological polar surface area (TPSA) is 95.0 Å². The maximum atomic E-state index is 12.0. The second kappa shape index (κ2) is 6.89. The van der Waals surface area contributed by atoms with E-state index in [0.29, 0.717) is 5.89 Å². The third kappa shape index (κ3) is 4.12. The molecule has 0 spiro atoms. The molecule has 3 rings (SSSR count). The molecule has 1 atom stereocenters. The van der Waals surface area contributed by atoms with Gasteiger partial charge in [-0.3, -0.25) is 9.69 Å². The van der Waals surface area contributed by atoms with Gasteiger partial charge in [-0.2, -0.15) is 10.2 Å². The van der Waals surface area contributed by atoms with Gasteiger partial charge < -0.3 is 9.84 Å². The van der Waals surface area contributed by atoms with Crippen molar-refractivity contribution in [1.29, 1.82) is 5.26 Å². The molecule has 1 aromatic rings. The highest BCUT2D eigenvalue weighted by Crippen LogP contribution is 2.32. The zero-order valence-corrected chi connectivity index (χ0v) is 14.4. The highest BCUT2D eigenvalue weighted by molar-refractivity contribution is 5.90. The van der Waals surface area contributed by atoms with Crippen LogP contribution in [0.3, 0.4) is 0 Å². The van der Waals surface area contributed by atoms with Crippen molar-refractivity contribution in [2.24, 2.45) is 5.41 Å². The molecule has 1 N–H and O–H groups in total. The van der Waals surface area contributed by atoms with E-state index in [1.807, 2.05) is 13.8 Å². The summed E-state index contributed by atoms with van der Waals surface area (Å²) < 4.78 is 5.35. The summed E-state index contributed by atoms with van der Waals surface area (Å²) in [7, 11) is 0. The quantitative estimate of drug-likeness (QED) is 0.824. The fraction of sp³-hybridized carbons (Fsp3) is 0.765. The molecule has 1 aliphatic heterocycles. The van der Waals surface area contributed by atoms with Crippen molar-refractivity contribution in [2.75, 3.05) is 13.1 Å². The second-order valence-corrected chi connectivity index (χ2v) is 7.50. The van der Waals surface area contributed by atoms with E-state index >= 15 is 0 Å². The Morgan fingerprint density at radius 3 is 2.96 bits per heavy atom. The minimum absolute atomic E-state index is 0.0881. The molecule has 0 aromatic carbocycles. The molecule has 1 aromatic heterocycles. The largest absolute Gasteiger partial charge is 0.346 e. The molecule has 0 unspecified atom stereocenters. The van der Waals surface area contributed by atoms with Crippen molar-refractivity contribution in [3.05, 3.63) is 11.7 Å². The number of hydrogen-bond donors (Lipinski definition) is 1. The number of likely N-dealkylation sites (tertiary alicyclic amines) is 1. The molecule has 7 nitrogen and oxygen atoms in total. The Kier molecular flexibility index (Phi) is 4.86. The molecular weight excluding hydrogens is 306 g/mol. The zero-order chi connectivity index (χ0) is 17.2. The number of nitrogens with zero attached hydrogens (tertiary/aromatic N) is 4. The molecule has 2 heterocycles. The predicted octanol–water partition coefficient (Wildman–Crippen LogP) is 2.43. The minimum atomic E-state index is -0.284. The number of nitrogens with one attached hydrogen (secondary N) is 1. The lowest BCUT2D eigenvalue weighted by atomic mass is 9.90. The van der Waals surface area contributed by atoms with Crippen molar-refractivity contribution in [1.82, 2.24) is 20.4 Å². The van der Waals surface area contributed by atoms with Gasteiger partial charge in [0, 0.05) is 6.04 Å². The van der Waals surface area contributed by atoms with E-state index in [0.717, 1.165) is 51.6 Å². The number of nitriles is 1. The van der Waals surface area contributed by atoms with Crippen molar-refractivity contribution in [2.45, 2.75) is 64.5 Å². The van der Waals surface area contributed by atoms with Gasteiger partial charge in [-0.1, -0.05) is 5.16 Å². The van der Waals surface area contributed by atoms with Crippen LogP contribution in [0.1, 0.15) is 74.9 Å². The number of hydrogen-bond acceptors (Lipinski definition) is 6. The average Bonchev–Trinajstić information content (AvgIpc) is 3.04. The molecule has 130 valence electrons. The summed E-state index contributed by atoms with van der Waals surface area (Å²) in [5.74, 6) is 0.426. The third-order valence-corrected chi connectivity index (χ3v) is 4.76. The highest BCUT2D eigenvalue weighted by Gasteiger charge is 2.32. The molecule has 1 amide bonds. The van der Waals surface area contributed by atoms with Crippen LogP contribution >= 0.6 is 0 Å². The van der Waals surface area contributed by atoms with Crippen LogP contribution in [0.15, 0.2) is 4.52 Å². The Bertz CT molecular complexity index is 629. The van der Waals surface area contributed by atoms with E-state index in [-0.39, 0.29) is 29.2 Å². The van der Waals surface area contributed by atoms with Gasteiger partial charge in [0.25, 0.3) is 11.7 Å². The van der Waals surface area contributed by atoms with Gasteiger partial charge in [-0.25, -0.2) is 0 Å². The number of aromatic nitrogens is 2. The average molecular weight is 331 g/mol. The van der Waals surface area contributed by atoms with E-state index in [4.69, 9.17) is 9.78 Å². The Morgan fingerprint density at radius 1 is 1.46 bits per heavy atom. The lowest BCUT2D eigenvalue weighted by Gasteiger charge is -2.23. The maximum Gasteiger partial charge on any atom is 0.292 e. The van der Waals surface area contributed by atoms with Gasteiger partial charge in [0.1, 0.15) is 0 Å². The van der Waals surface area contributed by atoms with Crippen molar-refractivity contribution >= 4 is 5.91 Å². The van der Waals surface area contributed by atoms with Gasteiger partial charge in [-0.05, 0) is 65.5 Å². The number of carbonyl (C=O) groups is 1. The summed E-state index contributed by atoms with van der Waals surface area (Å²) in [6.07, 6.45) is 5.94. The molecule has 1 saturated carbocycles. The lowest BCUT2D eigenvalue weighted by Crippen LogP contribution is -2.27. The van der Waals surface area contributed by atoms with Crippen molar-refractivity contribution < 1.29 is 9.32 Å². The molecule has 1 saturated heterocycles. The molecular formula is C17H25N5O2. The Morgan fingerprint density at radius 2 is 2.25 bits per heavy atom. The second-order valence-electron chi connectivity index (χ2n) is 7.50. The van der Waals surface area contributed by atoms with Crippen LogP contribution in [0.2, 0.25) is 0 Å². The number of carbonyl (C=O) groups excluding carboxylic acids is 1. The van der Waals surface area contributed by atoms with E-state index in [1.165, 1.54) is 0 Å². The molecule has 1 aliphatic carbocycles. The Hall–Kier alpha value is -1.94. The summed E-state index contributed by atoms with van der Waals surface area (Å²) >= 11 is 0. The maximum absolute atomic E-state index is 12.0. The monoisotopic (exact) mass is 331 g/mol. The SMILES string of the molecule is CC(C)(C#N)CCCN1CCC[C@@H]1c1nc(C(=O)NC2CC2)no1. The van der Waals surface area contributed by atoms with Gasteiger partial charge in [0.2, 0.25) is 5.89 Å². The standard InChI is InChI=1S/C17H25N5O2/c1-17(2,11-18)8-4-10-22-9-3-5-13(22)16-20-14(21-24-16)15(23)19-12-6-7-12/h12-13H,3-10H2,1-2H3,(H,19,23)/t13-/m1/s1. The van der Waals surface area contributed by atoms with E-state index in [2.05, 4.69) is 26.4 Å². The summed E-state index contributed by atoms with van der Waals surface area (Å²) in [5.41, 5.74) is -0.284.